The van der Waals surface area contributed by atoms with E-state index in [1.807, 2.05) is 0 Å². The number of rotatable bonds is 1. The quantitative estimate of drug-likeness (QED) is 0.655. The number of benzene rings is 1. The van der Waals surface area contributed by atoms with Crippen LogP contribution < -0.4 is 0 Å². The molecule has 1 aromatic carbocycles. The predicted molar refractivity (Wildman–Crippen MR) is 46.2 cm³/mol. The highest BCUT2D eigenvalue weighted by Crippen LogP contribution is 2.33. The monoisotopic (exact) mass is 262 g/mol. The average Bonchev–Trinajstić information content (AvgIpc) is 1.97. The molecular formula is C9H5ClF6. The van der Waals surface area contributed by atoms with Crippen molar-refractivity contribution >= 4 is 11.6 Å². The highest BCUT2D eigenvalue weighted by atomic mass is 35.5. The van der Waals surface area contributed by atoms with Gasteiger partial charge in [-0.2, -0.15) is 26.3 Å². The minimum absolute atomic E-state index is 0.367. The lowest BCUT2D eigenvalue weighted by atomic mass is 10.1. The van der Waals surface area contributed by atoms with Crippen LogP contribution in [0.3, 0.4) is 0 Å². The van der Waals surface area contributed by atoms with Gasteiger partial charge >= 0.3 is 12.4 Å². The first-order chi connectivity index (χ1) is 7.08. The fourth-order valence-corrected chi connectivity index (χ4v) is 1.41. The number of hydrogen-bond donors (Lipinski definition) is 0. The maximum absolute atomic E-state index is 12.2. The zero-order valence-corrected chi connectivity index (χ0v) is 8.34. The first-order valence-corrected chi connectivity index (χ1v) is 4.39. The third-order valence-corrected chi connectivity index (χ3v) is 1.91. The Morgan fingerprint density at radius 1 is 0.938 bits per heavy atom. The maximum Gasteiger partial charge on any atom is 0.416 e. The van der Waals surface area contributed by atoms with Crippen LogP contribution in [-0.2, 0) is 12.6 Å². The maximum atomic E-state index is 12.2. The molecule has 0 heterocycles. The second kappa shape index (κ2) is 4.16. The van der Waals surface area contributed by atoms with Crippen molar-refractivity contribution in [3.63, 3.8) is 0 Å². The Bertz CT molecular complexity index is 379. The van der Waals surface area contributed by atoms with Crippen LogP contribution in [0.25, 0.3) is 0 Å². The summed E-state index contributed by atoms with van der Waals surface area (Å²) in [6.45, 7) is 0. The SMILES string of the molecule is FC(F)(F)Cc1cc(Cl)cc(C(F)(F)F)c1. The van der Waals surface area contributed by atoms with Gasteiger partial charge in [0.1, 0.15) is 0 Å². The van der Waals surface area contributed by atoms with E-state index < -0.39 is 29.9 Å². The Balaban J connectivity index is 3.09. The summed E-state index contributed by atoms with van der Waals surface area (Å²) in [5.41, 5.74) is -1.69. The molecule has 0 aliphatic rings. The van der Waals surface area contributed by atoms with E-state index in [9.17, 15) is 26.3 Å². The van der Waals surface area contributed by atoms with Crippen LogP contribution in [0.5, 0.6) is 0 Å². The zero-order valence-electron chi connectivity index (χ0n) is 7.58. The summed E-state index contributed by atoms with van der Waals surface area (Å²) in [5.74, 6) is 0. The van der Waals surface area contributed by atoms with Gasteiger partial charge in [0, 0.05) is 5.02 Å². The molecule has 0 radical (unpaired) electrons. The highest BCUT2D eigenvalue weighted by Gasteiger charge is 2.33. The summed E-state index contributed by atoms with van der Waals surface area (Å²) in [4.78, 5) is 0. The fourth-order valence-electron chi connectivity index (χ4n) is 1.15. The van der Waals surface area contributed by atoms with E-state index in [1.165, 1.54) is 0 Å². The van der Waals surface area contributed by atoms with Crippen molar-refractivity contribution in [3.05, 3.63) is 34.3 Å². The van der Waals surface area contributed by atoms with Crippen LogP contribution in [0, 0.1) is 0 Å². The third kappa shape index (κ3) is 3.92. The zero-order chi connectivity index (χ0) is 12.6. The van der Waals surface area contributed by atoms with E-state index in [0.29, 0.717) is 12.1 Å². The number of alkyl halides is 6. The molecule has 0 amide bonds. The summed E-state index contributed by atoms with van der Waals surface area (Å²) in [6.07, 6.45) is -10.7. The van der Waals surface area contributed by atoms with Crippen molar-refractivity contribution in [3.8, 4) is 0 Å². The van der Waals surface area contributed by atoms with Crippen LogP contribution in [0.15, 0.2) is 18.2 Å². The fraction of sp³-hybridized carbons (Fsp3) is 0.333. The molecule has 0 nitrogen and oxygen atoms in total. The Labute approximate surface area is 91.8 Å². The summed E-state index contributed by atoms with van der Waals surface area (Å²) < 4.78 is 72.7. The van der Waals surface area contributed by atoms with Crippen molar-refractivity contribution in [2.24, 2.45) is 0 Å². The summed E-state index contributed by atoms with van der Waals surface area (Å²) in [6, 6.07) is 1.89. The molecule has 0 aliphatic carbocycles. The van der Waals surface area contributed by atoms with Gasteiger partial charge in [0.15, 0.2) is 0 Å². The molecule has 0 N–H and O–H groups in total. The molecule has 90 valence electrons. The molecule has 7 heteroatoms. The van der Waals surface area contributed by atoms with E-state index in [-0.39, 0.29) is 5.02 Å². The van der Waals surface area contributed by atoms with Gasteiger partial charge in [-0.1, -0.05) is 11.6 Å². The molecule has 1 rings (SSSR count). The van der Waals surface area contributed by atoms with Crippen molar-refractivity contribution in [2.75, 3.05) is 0 Å². The molecule has 0 bridgehead atoms. The van der Waals surface area contributed by atoms with Gasteiger partial charge in [-0.15, -0.1) is 0 Å². The van der Waals surface area contributed by atoms with Gasteiger partial charge in [0.05, 0.1) is 12.0 Å². The smallest absolute Gasteiger partial charge is 0.171 e. The van der Waals surface area contributed by atoms with Crippen LogP contribution in [0.4, 0.5) is 26.3 Å². The van der Waals surface area contributed by atoms with E-state index in [4.69, 9.17) is 11.6 Å². The van der Waals surface area contributed by atoms with Gasteiger partial charge in [0.2, 0.25) is 0 Å². The molecule has 0 unspecified atom stereocenters. The number of halogens is 7. The molecule has 0 saturated carbocycles. The average molecular weight is 263 g/mol. The second-order valence-electron chi connectivity index (χ2n) is 3.14. The van der Waals surface area contributed by atoms with Gasteiger partial charge in [0.25, 0.3) is 0 Å². The standard InChI is InChI=1S/C9H5ClF6/c10-7-2-5(4-8(11,12)13)1-6(3-7)9(14,15)16/h1-3H,4H2. The molecular weight excluding hydrogens is 258 g/mol. The van der Waals surface area contributed by atoms with E-state index in [2.05, 4.69) is 0 Å². The normalized spacial score (nSPS) is 12.9. The summed E-state index contributed by atoms with van der Waals surface area (Å²) in [5, 5.41) is -0.367. The summed E-state index contributed by atoms with van der Waals surface area (Å²) >= 11 is 5.32. The van der Waals surface area contributed by atoms with Gasteiger partial charge in [-0.05, 0) is 23.8 Å². The minimum Gasteiger partial charge on any atom is -0.171 e. The van der Waals surface area contributed by atoms with Crippen molar-refractivity contribution < 1.29 is 26.3 Å². The minimum atomic E-state index is -4.70. The Hall–Kier alpha value is -0.910. The molecule has 16 heavy (non-hydrogen) atoms. The lowest BCUT2D eigenvalue weighted by molar-refractivity contribution is -0.138. The Morgan fingerprint density at radius 2 is 1.50 bits per heavy atom. The van der Waals surface area contributed by atoms with Crippen LogP contribution in [0.2, 0.25) is 5.02 Å². The van der Waals surface area contributed by atoms with E-state index in [1.54, 1.807) is 0 Å². The van der Waals surface area contributed by atoms with Crippen LogP contribution in [-0.4, -0.2) is 6.18 Å². The van der Waals surface area contributed by atoms with Crippen LogP contribution in [0.1, 0.15) is 11.1 Å². The Morgan fingerprint density at radius 3 is 1.94 bits per heavy atom. The first kappa shape index (κ1) is 13.2. The van der Waals surface area contributed by atoms with Gasteiger partial charge < -0.3 is 0 Å². The molecule has 0 saturated heterocycles. The molecule has 0 aliphatic heterocycles. The van der Waals surface area contributed by atoms with Crippen molar-refractivity contribution in [1.82, 2.24) is 0 Å². The molecule has 0 fully saturated rings. The second-order valence-corrected chi connectivity index (χ2v) is 3.57. The molecule has 1 aromatic rings. The number of hydrogen-bond acceptors (Lipinski definition) is 0. The predicted octanol–water partition coefficient (Wildman–Crippen LogP) is 4.46. The molecule has 0 aromatic heterocycles. The summed E-state index contributed by atoms with van der Waals surface area (Å²) in [7, 11) is 0. The van der Waals surface area contributed by atoms with Crippen molar-refractivity contribution in [1.29, 1.82) is 0 Å². The van der Waals surface area contributed by atoms with Gasteiger partial charge in [-0.3, -0.25) is 0 Å². The lowest BCUT2D eigenvalue weighted by Crippen LogP contribution is -2.13. The lowest BCUT2D eigenvalue weighted by Gasteiger charge is -2.11. The van der Waals surface area contributed by atoms with E-state index in [0.717, 1.165) is 6.07 Å². The van der Waals surface area contributed by atoms with Crippen LogP contribution >= 0.6 is 11.6 Å². The first-order valence-electron chi connectivity index (χ1n) is 4.01. The van der Waals surface area contributed by atoms with Gasteiger partial charge in [-0.25, -0.2) is 0 Å². The van der Waals surface area contributed by atoms with Crippen molar-refractivity contribution in [2.45, 2.75) is 18.8 Å². The highest BCUT2D eigenvalue weighted by molar-refractivity contribution is 6.30. The Kier molecular flexibility index (Phi) is 3.42. The largest absolute Gasteiger partial charge is 0.416 e. The molecule has 0 atom stereocenters. The molecule has 0 spiro atoms. The topological polar surface area (TPSA) is 0 Å². The van der Waals surface area contributed by atoms with E-state index >= 15 is 0 Å². The third-order valence-electron chi connectivity index (χ3n) is 1.69.